The van der Waals surface area contributed by atoms with Gasteiger partial charge in [0.15, 0.2) is 0 Å². The maximum Gasteiger partial charge on any atom is 0.0953 e. The highest BCUT2D eigenvalue weighted by atomic mass is 32.2. The molecule has 0 atom stereocenters. The van der Waals surface area contributed by atoms with Crippen LogP contribution in [0.25, 0.3) is 10.9 Å². The molecule has 1 aromatic carbocycles. The Balaban J connectivity index is 1.86. The average molecular weight is 287 g/mol. The topological polar surface area (TPSA) is 50.9 Å². The Kier molecular flexibility index (Phi) is 3.74. The van der Waals surface area contributed by atoms with Crippen molar-refractivity contribution < 1.29 is 0 Å². The fourth-order valence-corrected chi connectivity index (χ4v) is 3.98. The van der Waals surface area contributed by atoms with Crippen LogP contribution in [0.4, 0.5) is 11.4 Å². The predicted molar refractivity (Wildman–Crippen MR) is 89.4 cm³/mol. The molecule has 1 aromatic heterocycles. The Morgan fingerprint density at radius 1 is 1.30 bits per heavy atom. The first kappa shape index (κ1) is 13.6. The summed E-state index contributed by atoms with van der Waals surface area (Å²) >= 11 is 2.00. The summed E-state index contributed by atoms with van der Waals surface area (Å²) in [4.78, 5) is 4.49. The zero-order chi connectivity index (χ0) is 14.0. The molecule has 0 unspecified atom stereocenters. The van der Waals surface area contributed by atoms with Crippen molar-refractivity contribution in [2.75, 3.05) is 23.9 Å². The van der Waals surface area contributed by atoms with Gasteiger partial charge in [-0.3, -0.25) is 4.98 Å². The van der Waals surface area contributed by atoms with Crippen LogP contribution >= 0.6 is 11.8 Å². The second-order valence-electron chi connectivity index (χ2n) is 5.55. The Labute approximate surface area is 124 Å². The number of nitrogen functional groups attached to an aromatic ring is 1. The number of nitrogens with two attached hydrogens (primary N) is 1. The number of hydrogen-bond acceptors (Lipinski definition) is 4. The number of thioether (sulfide) groups is 1. The quantitative estimate of drug-likeness (QED) is 0.837. The summed E-state index contributed by atoms with van der Waals surface area (Å²) in [6.07, 6.45) is 9.37. The highest BCUT2D eigenvalue weighted by molar-refractivity contribution is 8.00. The van der Waals surface area contributed by atoms with Crippen molar-refractivity contribution in [1.29, 1.82) is 0 Å². The van der Waals surface area contributed by atoms with E-state index in [1.807, 2.05) is 42.2 Å². The third-order valence-electron chi connectivity index (χ3n) is 4.35. The van der Waals surface area contributed by atoms with Crippen molar-refractivity contribution in [3.8, 4) is 0 Å². The number of rotatable bonds is 4. The third kappa shape index (κ3) is 2.44. The van der Waals surface area contributed by atoms with Crippen molar-refractivity contribution >= 4 is 34.0 Å². The summed E-state index contributed by atoms with van der Waals surface area (Å²) in [5.74, 6) is 0. The molecular weight excluding hydrogens is 266 g/mol. The van der Waals surface area contributed by atoms with E-state index in [1.165, 1.54) is 25.7 Å². The normalized spacial score (nSPS) is 17.4. The molecule has 3 nitrogen and oxygen atoms in total. The number of benzene rings is 1. The SMILES string of the molecule is CSC1(CNc2ccc(N)c3cccnc23)CCCC1. The number of nitrogens with zero attached hydrogens (tertiary/aromatic N) is 1. The van der Waals surface area contributed by atoms with Crippen molar-refractivity contribution in [2.45, 2.75) is 30.4 Å². The summed E-state index contributed by atoms with van der Waals surface area (Å²) in [5, 5.41) is 4.64. The van der Waals surface area contributed by atoms with E-state index in [0.717, 1.165) is 28.8 Å². The zero-order valence-corrected chi connectivity index (χ0v) is 12.7. The lowest BCUT2D eigenvalue weighted by Crippen LogP contribution is -2.30. The summed E-state index contributed by atoms with van der Waals surface area (Å²) in [6.45, 7) is 1.00. The van der Waals surface area contributed by atoms with Crippen LogP contribution in [-0.4, -0.2) is 22.5 Å². The Bertz CT molecular complexity index is 606. The maximum atomic E-state index is 6.02. The molecule has 0 bridgehead atoms. The van der Waals surface area contributed by atoms with Crippen LogP contribution in [0, 0.1) is 0 Å². The first-order chi connectivity index (χ1) is 9.74. The van der Waals surface area contributed by atoms with E-state index < -0.39 is 0 Å². The molecule has 0 spiro atoms. The molecule has 3 rings (SSSR count). The van der Waals surface area contributed by atoms with Crippen LogP contribution in [-0.2, 0) is 0 Å². The van der Waals surface area contributed by atoms with E-state index in [2.05, 4.69) is 16.6 Å². The first-order valence-corrected chi connectivity index (χ1v) is 8.39. The minimum atomic E-state index is 0.391. The molecule has 1 heterocycles. The summed E-state index contributed by atoms with van der Waals surface area (Å²) in [7, 11) is 0. The Morgan fingerprint density at radius 3 is 2.85 bits per heavy atom. The number of aromatic nitrogens is 1. The number of hydrogen-bond donors (Lipinski definition) is 2. The van der Waals surface area contributed by atoms with E-state index in [9.17, 15) is 0 Å². The summed E-state index contributed by atoms with van der Waals surface area (Å²) < 4.78 is 0.391. The fourth-order valence-electron chi connectivity index (χ4n) is 3.07. The molecule has 3 N–H and O–H groups in total. The maximum absolute atomic E-state index is 6.02. The van der Waals surface area contributed by atoms with Gasteiger partial charge in [-0.05, 0) is 43.4 Å². The zero-order valence-electron chi connectivity index (χ0n) is 11.9. The Morgan fingerprint density at radius 2 is 2.10 bits per heavy atom. The molecule has 1 fully saturated rings. The molecule has 1 saturated carbocycles. The average Bonchev–Trinajstić information content (AvgIpc) is 2.96. The molecule has 106 valence electrons. The molecule has 4 heteroatoms. The summed E-state index contributed by atoms with van der Waals surface area (Å²) in [6, 6.07) is 7.98. The van der Waals surface area contributed by atoms with E-state index >= 15 is 0 Å². The number of fused-ring (bicyclic) bond motifs is 1. The second kappa shape index (κ2) is 5.52. The van der Waals surface area contributed by atoms with E-state index in [1.54, 1.807) is 0 Å². The smallest absolute Gasteiger partial charge is 0.0953 e. The Hall–Kier alpha value is -1.42. The van der Waals surface area contributed by atoms with Gasteiger partial charge in [0, 0.05) is 28.6 Å². The molecular formula is C16H21N3S. The number of pyridine rings is 1. The van der Waals surface area contributed by atoms with Gasteiger partial charge in [0.1, 0.15) is 0 Å². The van der Waals surface area contributed by atoms with Gasteiger partial charge >= 0.3 is 0 Å². The highest BCUT2D eigenvalue weighted by Gasteiger charge is 2.32. The minimum absolute atomic E-state index is 0.391. The van der Waals surface area contributed by atoms with Crippen LogP contribution in [0.5, 0.6) is 0 Å². The van der Waals surface area contributed by atoms with Gasteiger partial charge in [-0.1, -0.05) is 12.8 Å². The third-order valence-corrected chi connectivity index (χ3v) is 5.77. The molecule has 0 amide bonds. The fraction of sp³-hybridized carbons (Fsp3) is 0.438. The molecule has 1 aliphatic rings. The van der Waals surface area contributed by atoms with Crippen LogP contribution in [0.3, 0.4) is 0 Å². The molecule has 0 radical (unpaired) electrons. The van der Waals surface area contributed by atoms with Gasteiger partial charge in [0.25, 0.3) is 0 Å². The van der Waals surface area contributed by atoms with Crippen molar-refractivity contribution in [3.05, 3.63) is 30.5 Å². The lowest BCUT2D eigenvalue weighted by Gasteiger charge is -2.27. The van der Waals surface area contributed by atoms with E-state index in [4.69, 9.17) is 5.73 Å². The van der Waals surface area contributed by atoms with Crippen LogP contribution in [0.15, 0.2) is 30.5 Å². The van der Waals surface area contributed by atoms with E-state index in [0.29, 0.717) is 4.75 Å². The van der Waals surface area contributed by atoms with Gasteiger partial charge in [-0.25, -0.2) is 0 Å². The predicted octanol–water partition coefficient (Wildman–Crippen LogP) is 3.90. The van der Waals surface area contributed by atoms with Crippen LogP contribution < -0.4 is 11.1 Å². The number of anilines is 2. The lowest BCUT2D eigenvalue weighted by atomic mass is 10.1. The molecule has 1 aliphatic carbocycles. The molecule has 0 saturated heterocycles. The highest BCUT2D eigenvalue weighted by Crippen LogP contribution is 2.40. The first-order valence-electron chi connectivity index (χ1n) is 7.16. The monoisotopic (exact) mass is 287 g/mol. The summed E-state index contributed by atoms with van der Waals surface area (Å²) in [5.41, 5.74) is 8.88. The minimum Gasteiger partial charge on any atom is -0.398 e. The van der Waals surface area contributed by atoms with Gasteiger partial charge in [0.2, 0.25) is 0 Å². The van der Waals surface area contributed by atoms with Crippen molar-refractivity contribution in [3.63, 3.8) is 0 Å². The van der Waals surface area contributed by atoms with Crippen LogP contribution in [0.1, 0.15) is 25.7 Å². The standard InChI is InChI=1S/C16H21N3S/c1-20-16(8-2-3-9-16)11-19-14-7-6-13(17)12-5-4-10-18-15(12)14/h4-7,10,19H,2-3,8-9,11,17H2,1H3. The van der Waals surface area contributed by atoms with Gasteiger partial charge < -0.3 is 11.1 Å². The molecule has 2 aromatic rings. The van der Waals surface area contributed by atoms with Gasteiger partial charge in [0.05, 0.1) is 11.2 Å². The van der Waals surface area contributed by atoms with Crippen molar-refractivity contribution in [1.82, 2.24) is 4.98 Å². The van der Waals surface area contributed by atoms with Gasteiger partial charge in [-0.15, -0.1) is 0 Å². The van der Waals surface area contributed by atoms with E-state index in [-0.39, 0.29) is 0 Å². The van der Waals surface area contributed by atoms with Crippen LogP contribution in [0.2, 0.25) is 0 Å². The number of nitrogens with one attached hydrogen (secondary N) is 1. The second-order valence-corrected chi connectivity index (χ2v) is 6.82. The van der Waals surface area contributed by atoms with Crippen molar-refractivity contribution in [2.24, 2.45) is 0 Å². The molecule has 0 aliphatic heterocycles. The molecule has 20 heavy (non-hydrogen) atoms. The lowest BCUT2D eigenvalue weighted by molar-refractivity contribution is 0.640. The largest absolute Gasteiger partial charge is 0.398 e. The van der Waals surface area contributed by atoms with Gasteiger partial charge in [-0.2, -0.15) is 11.8 Å².